The lowest BCUT2D eigenvalue weighted by Crippen LogP contribution is -2.45. The van der Waals surface area contributed by atoms with E-state index < -0.39 is 12.1 Å². The Morgan fingerprint density at radius 2 is 0.681 bits per heavy atom. The lowest BCUT2D eigenvalue weighted by atomic mass is 10.0. The molecule has 6 heteroatoms. The summed E-state index contributed by atoms with van der Waals surface area (Å²) in [6, 6.07) is -0.622. The zero-order valence-corrected chi connectivity index (χ0v) is 46.6. The molecule has 0 radical (unpaired) electrons. The Kier molecular flexibility index (Phi) is 57.5. The molecular formula is C63H121NO5. The molecule has 1 amide bonds. The summed E-state index contributed by atoms with van der Waals surface area (Å²) in [6.07, 6.45) is 72.4. The Morgan fingerprint density at radius 1 is 0.391 bits per heavy atom. The van der Waals surface area contributed by atoms with Crippen molar-refractivity contribution in [2.75, 3.05) is 13.2 Å². The van der Waals surface area contributed by atoms with Gasteiger partial charge in [0, 0.05) is 12.8 Å². The number of unbranched alkanes of at least 4 members (excludes halogenated alkanes) is 45. The van der Waals surface area contributed by atoms with Crippen LogP contribution in [0, 0.1) is 0 Å². The van der Waals surface area contributed by atoms with Crippen molar-refractivity contribution in [1.82, 2.24) is 5.32 Å². The van der Waals surface area contributed by atoms with Gasteiger partial charge in [0.1, 0.15) is 0 Å². The predicted octanol–water partition coefficient (Wildman–Crippen LogP) is 19.4. The molecule has 2 unspecified atom stereocenters. The smallest absolute Gasteiger partial charge is 0.305 e. The SMILES string of the molecule is CCCCCCC/C=C\CCCCCCCC(=O)OCCCCCCCCCCCCCCCCCCCCCCCCCCCCCCCC(=O)NC(CO)C(O)/C=C/CCCCCCCCC. The van der Waals surface area contributed by atoms with E-state index in [-0.39, 0.29) is 18.5 Å². The summed E-state index contributed by atoms with van der Waals surface area (Å²) < 4.78 is 5.48. The second-order valence-electron chi connectivity index (χ2n) is 21.4. The van der Waals surface area contributed by atoms with E-state index in [1.54, 1.807) is 6.08 Å². The fourth-order valence-electron chi connectivity index (χ4n) is 9.69. The molecule has 2 atom stereocenters. The van der Waals surface area contributed by atoms with Crippen LogP contribution in [0.15, 0.2) is 24.3 Å². The van der Waals surface area contributed by atoms with E-state index in [9.17, 15) is 19.8 Å². The lowest BCUT2D eigenvalue weighted by molar-refractivity contribution is -0.143. The van der Waals surface area contributed by atoms with Crippen molar-refractivity contribution in [3.63, 3.8) is 0 Å². The number of amides is 1. The second kappa shape index (κ2) is 58.9. The molecule has 0 spiro atoms. The Morgan fingerprint density at radius 3 is 1.03 bits per heavy atom. The normalized spacial score (nSPS) is 12.7. The van der Waals surface area contributed by atoms with E-state index in [1.807, 2.05) is 6.08 Å². The van der Waals surface area contributed by atoms with E-state index >= 15 is 0 Å². The minimum Gasteiger partial charge on any atom is -0.466 e. The summed E-state index contributed by atoms with van der Waals surface area (Å²) in [6.45, 7) is 4.88. The van der Waals surface area contributed by atoms with Gasteiger partial charge in [0.15, 0.2) is 0 Å². The largest absolute Gasteiger partial charge is 0.466 e. The van der Waals surface area contributed by atoms with Crippen LogP contribution >= 0.6 is 0 Å². The van der Waals surface area contributed by atoms with Crippen LogP contribution in [0.2, 0.25) is 0 Å². The molecule has 408 valence electrons. The number of ether oxygens (including phenoxy) is 1. The van der Waals surface area contributed by atoms with Gasteiger partial charge in [0.2, 0.25) is 5.91 Å². The highest BCUT2D eigenvalue weighted by Gasteiger charge is 2.18. The quantitative estimate of drug-likeness (QED) is 0.0321. The zero-order chi connectivity index (χ0) is 50.0. The number of hydrogen-bond acceptors (Lipinski definition) is 5. The first-order valence-corrected chi connectivity index (χ1v) is 31.1. The van der Waals surface area contributed by atoms with Gasteiger partial charge in [-0.3, -0.25) is 9.59 Å². The third-order valence-electron chi connectivity index (χ3n) is 14.5. The molecule has 0 aliphatic carbocycles. The minimum atomic E-state index is -0.839. The third-order valence-corrected chi connectivity index (χ3v) is 14.5. The second-order valence-corrected chi connectivity index (χ2v) is 21.4. The van der Waals surface area contributed by atoms with Crippen LogP contribution < -0.4 is 5.32 Å². The van der Waals surface area contributed by atoms with Crippen molar-refractivity contribution in [3.8, 4) is 0 Å². The fraction of sp³-hybridized carbons (Fsp3) is 0.905. The van der Waals surface area contributed by atoms with E-state index in [0.29, 0.717) is 19.4 Å². The van der Waals surface area contributed by atoms with E-state index in [2.05, 4.69) is 31.3 Å². The summed E-state index contributed by atoms with van der Waals surface area (Å²) in [5.74, 6) is -0.0556. The first-order valence-electron chi connectivity index (χ1n) is 31.1. The minimum absolute atomic E-state index is 0.0106. The Balaban J connectivity index is 3.31. The molecule has 0 aliphatic heterocycles. The van der Waals surface area contributed by atoms with Crippen molar-refractivity contribution in [1.29, 1.82) is 0 Å². The third kappa shape index (κ3) is 55.5. The number of rotatable bonds is 58. The van der Waals surface area contributed by atoms with Gasteiger partial charge in [-0.2, -0.15) is 0 Å². The highest BCUT2D eigenvalue weighted by atomic mass is 16.5. The molecule has 0 aromatic heterocycles. The van der Waals surface area contributed by atoms with E-state index in [1.165, 1.54) is 270 Å². The summed E-state index contributed by atoms with van der Waals surface area (Å²) in [5.41, 5.74) is 0. The Labute approximate surface area is 431 Å². The summed E-state index contributed by atoms with van der Waals surface area (Å²) >= 11 is 0. The molecule has 69 heavy (non-hydrogen) atoms. The number of carbonyl (C=O) groups excluding carboxylic acids is 2. The number of nitrogens with one attached hydrogen (secondary N) is 1. The van der Waals surface area contributed by atoms with Crippen molar-refractivity contribution in [2.45, 2.75) is 353 Å². The average Bonchev–Trinajstić information content (AvgIpc) is 3.35. The molecule has 0 saturated heterocycles. The van der Waals surface area contributed by atoms with Gasteiger partial charge >= 0.3 is 5.97 Å². The van der Waals surface area contributed by atoms with Gasteiger partial charge in [0.25, 0.3) is 0 Å². The highest BCUT2D eigenvalue weighted by Crippen LogP contribution is 2.18. The Bertz CT molecular complexity index is 1080. The van der Waals surface area contributed by atoms with Gasteiger partial charge in [-0.15, -0.1) is 0 Å². The summed E-state index contributed by atoms with van der Waals surface area (Å²) in [5, 5.41) is 22.9. The van der Waals surface area contributed by atoms with Crippen molar-refractivity contribution in [2.24, 2.45) is 0 Å². The lowest BCUT2D eigenvalue weighted by Gasteiger charge is -2.20. The topological polar surface area (TPSA) is 95.9 Å². The van der Waals surface area contributed by atoms with Gasteiger partial charge in [-0.1, -0.05) is 295 Å². The Hall–Kier alpha value is -1.66. The summed E-state index contributed by atoms with van der Waals surface area (Å²) in [4.78, 5) is 24.4. The molecule has 0 aromatic rings. The monoisotopic (exact) mass is 972 g/mol. The first kappa shape index (κ1) is 67.3. The van der Waals surface area contributed by atoms with Crippen LogP contribution in [0.1, 0.15) is 341 Å². The van der Waals surface area contributed by atoms with Crippen molar-refractivity contribution in [3.05, 3.63) is 24.3 Å². The molecular weight excluding hydrogens is 851 g/mol. The number of aliphatic hydroxyl groups excluding tert-OH is 2. The van der Waals surface area contributed by atoms with Crippen LogP contribution in [0.5, 0.6) is 0 Å². The van der Waals surface area contributed by atoms with E-state index in [4.69, 9.17) is 4.74 Å². The van der Waals surface area contributed by atoms with Gasteiger partial charge < -0.3 is 20.3 Å². The fourth-order valence-corrected chi connectivity index (χ4v) is 9.69. The standard InChI is InChI=1S/C63H121NO5/c1-3-5-7-9-11-13-14-15-34-37-41-45-49-53-57-63(68)69-58-54-50-46-42-38-35-32-30-28-26-24-22-20-18-16-17-19-21-23-25-27-29-31-33-36-40-44-48-52-56-62(67)64-60(59-65)61(66)55-51-47-43-39-12-10-8-6-4-2/h14-15,51,55,60-61,65-66H,3-13,16-50,52-54,56-59H2,1-2H3,(H,64,67)/b15-14-,55-51+. The zero-order valence-electron chi connectivity index (χ0n) is 46.6. The average molecular weight is 973 g/mol. The molecule has 0 saturated carbocycles. The number of allylic oxidation sites excluding steroid dienone is 3. The number of esters is 1. The molecule has 0 bridgehead atoms. The van der Waals surface area contributed by atoms with Crippen LogP contribution in [-0.2, 0) is 14.3 Å². The number of carbonyl (C=O) groups is 2. The van der Waals surface area contributed by atoms with Crippen LogP contribution in [0.4, 0.5) is 0 Å². The van der Waals surface area contributed by atoms with Crippen molar-refractivity contribution >= 4 is 11.9 Å². The highest BCUT2D eigenvalue weighted by molar-refractivity contribution is 5.76. The van der Waals surface area contributed by atoms with Gasteiger partial charge in [-0.05, 0) is 57.8 Å². The molecule has 3 N–H and O–H groups in total. The number of aliphatic hydroxyl groups is 2. The maximum absolute atomic E-state index is 12.4. The molecule has 0 heterocycles. The van der Waals surface area contributed by atoms with Crippen LogP contribution in [0.25, 0.3) is 0 Å². The molecule has 0 fully saturated rings. The first-order chi connectivity index (χ1) is 34.0. The van der Waals surface area contributed by atoms with Gasteiger partial charge in [0.05, 0.1) is 25.4 Å². The number of hydrogen-bond donors (Lipinski definition) is 3. The summed E-state index contributed by atoms with van der Waals surface area (Å²) in [7, 11) is 0. The van der Waals surface area contributed by atoms with Crippen LogP contribution in [-0.4, -0.2) is 47.4 Å². The molecule has 0 aromatic carbocycles. The van der Waals surface area contributed by atoms with Gasteiger partial charge in [-0.25, -0.2) is 0 Å². The van der Waals surface area contributed by atoms with Crippen molar-refractivity contribution < 1.29 is 24.5 Å². The molecule has 6 nitrogen and oxygen atoms in total. The molecule has 0 rings (SSSR count). The van der Waals surface area contributed by atoms with E-state index in [0.717, 1.165) is 44.9 Å². The predicted molar refractivity (Wildman–Crippen MR) is 301 cm³/mol. The maximum Gasteiger partial charge on any atom is 0.305 e. The maximum atomic E-state index is 12.4. The molecule has 0 aliphatic rings. The van der Waals surface area contributed by atoms with Crippen LogP contribution in [0.3, 0.4) is 0 Å².